The van der Waals surface area contributed by atoms with Crippen molar-refractivity contribution < 1.29 is 0 Å². The third-order valence-corrected chi connectivity index (χ3v) is 0.567. The van der Waals surface area contributed by atoms with Crippen LogP contribution in [0.25, 0.3) is 0 Å². The van der Waals surface area contributed by atoms with Crippen LogP contribution in [-0.2, 0) is 0 Å². The average molecular weight is 144 g/mol. The van der Waals surface area contributed by atoms with Gasteiger partial charge in [-0.3, -0.25) is 0 Å². The fourth-order valence-corrected chi connectivity index (χ4v) is 0. The van der Waals surface area contributed by atoms with E-state index < -0.39 is 3.79 Å². The second-order valence-corrected chi connectivity index (χ2v) is 3.08. The molecule has 0 amide bonds. The molecule has 6 heavy (non-hydrogen) atoms. The Balaban J connectivity index is 3.45. The van der Waals surface area contributed by atoms with Crippen LogP contribution in [0.2, 0.25) is 0 Å². The fourth-order valence-electron chi connectivity index (χ4n) is 0. The largest absolute Gasteiger partial charge is 0.209 e. The van der Waals surface area contributed by atoms with Gasteiger partial charge < -0.3 is 0 Å². The van der Waals surface area contributed by atoms with Crippen LogP contribution in [0.4, 0.5) is 0 Å². The van der Waals surface area contributed by atoms with Crippen LogP contribution in [0.3, 0.4) is 0 Å². The first-order valence-corrected chi connectivity index (χ1v) is 2.32. The van der Waals surface area contributed by atoms with Crippen molar-refractivity contribution >= 4 is 34.8 Å². The van der Waals surface area contributed by atoms with Crippen LogP contribution in [0.5, 0.6) is 0 Å². The van der Waals surface area contributed by atoms with Crippen molar-refractivity contribution in [3.63, 3.8) is 0 Å². The molecule has 0 unspecified atom stereocenters. The summed E-state index contributed by atoms with van der Waals surface area (Å²) in [5.74, 6) is 0. The number of rotatable bonds is 0. The molecule has 1 radical (unpaired) electrons. The Morgan fingerprint density at radius 2 is 1.50 bits per heavy atom. The van der Waals surface area contributed by atoms with Crippen LogP contribution in [0, 0.1) is 6.58 Å². The van der Waals surface area contributed by atoms with E-state index in [4.69, 9.17) is 41.4 Å². The summed E-state index contributed by atoms with van der Waals surface area (Å²) in [6, 6.07) is 0. The molecular formula is C3H2Cl3. The SMILES string of the molecule is [CH]=CC(Cl)(Cl)Cl. The minimum Gasteiger partial charge on any atom is -0.0791 e. The van der Waals surface area contributed by atoms with Crippen molar-refractivity contribution in [3.05, 3.63) is 12.7 Å². The molecule has 0 nitrogen and oxygen atoms in total. The Morgan fingerprint density at radius 1 is 1.33 bits per heavy atom. The van der Waals surface area contributed by atoms with E-state index in [1.807, 2.05) is 0 Å². The Labute approximate surface area is 51.7 Å². The number of allylic oxidation sites excluding steroid dienone is 1. The number of alkyl halides is 3. The molecule has 0 N–H and O–H groups in total. The molecule has 0 fully saturated rings. The van der Waals surface area contributed by atoms with Crippen LogP contribution in [0.1, 0.15) is 0 Å². The minimum atomic E-state index is -1.39. The van der Waals surface area contributed by atoms with E-state index in [1.165, 1.54) is 0 Å². The number of hydrogen-bond acceptors (Lipinski definition) is 0. The molecule has 0 saturated heterocycles. The smallest absolute Gasteiger partial charge is 0.0791 e. The second kappa shape index (κ2) is 2.06. The van der Waals surface area contributed by atoms with Crippen molar-refractivity contribution in [2.24, 2.45) is 0 Å². The van der Waals surface area contributed by atoms with Gasteiger partial charge in [-0.25, -0.2) is 0 Å². The molecule has 0 heterocycles. The number of hydrogen-bond donors (Lipinski definition) is 0. The lowest BCUT2D eigenvalue weighted by molar-refractivity contribution is 1.48. The molecule has 0 aromatic rings. The van der Waals surface area contributed by atoms with E-state index in [0.29, 0.717) is 0 Å². The van der Waals surface area contributed by atoms with Crippen molar-refractivity contribution in [2.45, 2.75) is 3.79 Å². The topological polar surface area (TPSA) is 0 Å². The van der Waals surface area contributed by atoms with Crippen molar-refractivity contribution in [2.75, 3.05) is 0 Å². The molecule has 0 spiro atoms. The van der Waals surface area contributed by atoms with Crippen molar-refractivity contribution in [1.82, 2.24) is 0 Å². The maximum Gasteiger partial charge on any atom is 0.209 e. The van der Waals surface area contributed by atoms with Gasteiger partial charge in [0.1, 0.15) is 0 Å². The lowest BCUT2D eigenvalue weighted by Crippen LogP contribution is -1.91. The third kappa shape index (κ3) is 4.61. The summed E-state index contributed by atoms with van der Waals surface area (Å²) >= 11 is 15.2. The highest BCUT2D eigenvalue weighted by molar-refractivity contribution is 6.68. The van der Waals surface area contributed by atoms with Crippen LogP contribution in [0.15, 0.2) is 6.08 Å². The zero-order valence-electron chi connectivity index (χ0n) is 2.79. The van der Waals surface area contributed by atoms with Crippen molar-refractivity contribution in [1.29, 1.82) is 0 Å². The van der Waals surface area contributed by atoms with Crippen LogP contribution < -0.4 is 0 Å². The highest BCUT2D eigenvalue weighted by Crippen LogP contribution is 2.25. The summed E-state index contributed by atoms with van der Waals surface area (Å²) in [5.41, 5.74) is 0. The van der Waals surface area contributed by atoms with Crippen LogP contribution in [-0.4, -0.2) is 3.79 Å². The second-order valence-electron chi connectivity index (χ2n) is 0.708. The quantitative estimate of drug-likeness (QED) is 0.458. The van der Waals surface area contributed by atoms with Gasteiger partial charge in [-0.2, -0.15) is 0 Å². The monoisotopic (exact) mass is 143 g/mol. The summed E-state index contributed by atoms with van der Waals surface area (Å²) in [6.45, 7) is 4.78. The normalized spacial score (nSPS) is 11.2. The highest BCUT2D eigenvalue weighted by Gasteiger charge is 2.11. The molecule has 0 aromatic heterocycles. The Bertz CT molecular complexity index is 51.5. The number of halogens is 3. The maximum atomic E-state index is 5.07. The van der Waals surface area contributed by atoms with E-state index >= 15 is 0 Å². The van der Waals surface area contributed by atoms with Gasteiger partial charge in [0.05, 0.1) is 0 Å². The Kier molecular flexibility index (Phi) is 2.27. The Hall–Kier alpha value is 0.610. The van der Waals surface area contributed by atoms with Gasteiger partial charge in [0.2, 0.25) is 3.79 Å². The molecule has 3 heteroatoms. The molecule has 0 saturated carbocycles. The summed E-state index contributed by atoms with van der Waals surface area (Å²) in [7, 11) is 0. The molecule has 0 aliphatic heterocycles. The Morgan fingerprint density at radius 3 is 1.50 bits per heavy atom. The standard InChI is InChI=1S/C3H2Cl3/c1-2-3(4,5)6/h1-2H. The molecule has 35 valence electrons. The van der Waals surface area contributed by atoms with E-state index in [9.17, 15) is 0 Å². The lowest BCUT2D eigenvalue weighted by Gasteiger charge is -1.97. The van der Waals surface area contributed by atoms with E-state index in [1.54, 1.807) is 0 Å². The average Bonchev–Trinajstić information content (AvgIpc) is 1.35. The first-order valence-electron chi connectivity index (χ1n) is 1.19. The highest BCUT2D eigenvalue weighted by atomic mass is 35.6. The predicted molar refractivity (Wildman–Crippen MR) is 29.2 cm³/mol. The van der Waals surface area contributed by atoms with Gasteiger partial charge in [0, 0.05) is 0 Å². The molecule has 0 atom stereocenters. The molecule has 0 aliphatic rings. The van der Waals surface area contributed by atoms with Gasteiger partial charge in [0.15, 0.2) is 0 Å². The third-order valence-electron chi connectivity index (χ3n) is 0.189. The van der Waals surface area contributed by atoms with Crippen LogP contribution >= 0.6 is 34.8 Å². The fraction of sp³-hybridized carbons (Fsp3) is 0.333. The summed E-state index contributed by atoms with van der Waals surface area (Å²) < 4.78 is -1.39. The maximum absolute atomic E-state index is 5.07. The summed E-state index contributed by atoms with van der Waals surface area (Å²) in [6.07, 6.45) is 0.984. The summed E-state index contributed by atoms with van der Waals surface area (Å²) in [5, 5.41) is 0. The van der Waals surface area contributed by atoms with Gasteiger partial charge in [-0.05, 0) is 6.08 Å². The minimum absolute atomic E-state index is 0.984. The molecule has 0 aromatic carbocycles. The van der Waals surface area contributed by atoms with Crippen molar-refractivity contribution in [3.8, 4) is 0 Å². The predicted octanol–water partition coefficient (Wildman–Crippen LogP) is 2.35. The van der Waals surface area contributed by atoms with Gasteiger partial charge >= 0.3 is 0 Å². The zero-order chi connectivity index (χ0) is 5.21. The summed E-state index contributed by atoms with van der Waals surface area (Å²) in [4.78, 5) is 0. The molecular weight excluding hydrogens is 142 g/mol. The van der Waals surface area contributed by atoms with Gasteiger partial charge in [-0.15, -0.1) is 0 Å². The first kappa shape index (κ1) is 6.61. The van der Waals surface area contributed by atoms with E-state index in [2.05, 4.69) is 0 Å². The lowest BCUT2D eigenvalue weighted by atomic mass is 10.7. The van der Waals surface area contributed by atoms with E-state index in [-0.39, 0.29) is 0 Å². The molecule has 0 bridgehead atoms. The molecule has 0 aliphatic carbocycles. The van der Waals surface area contributed by atoms with Gasteiger partial charge in [-0.1, -0.05) is 41.4 Å². The molecule has 0 rings (SSSR count). The zero-order valence-corrected chi connectivity index (χ0v) is 5.06. The first-order chi connectivity index (χ1) is 2.56. The van der Waals surface area contributed by atoms with Gasteiger partial charge in [0.25, 0.3) is 0 Å². The van der Waals surface area contributed by atoms with E-state index in [0.717, 1.165) is 6.08 Å².